The molecule has 0 saturated carbocycles. The monoisotopic (exact) mass is 388 g/mol. The van der Waals surface area contributed by atoms with Crippen LogP contribution in [0.2, 0.25) is 0 Å². The molecule has 1 fully saturated rings. The van der Waals surface area contributed by atoms with E-state index in [1.165, 1.54) is 16.4 Å². The number of nitrogens with zero attached hydrogens (tertiary/aromatic N) is 1. The van der Waals surface area contributed by atoms with Gasteiger partial charge in [0.25, 0.3) is 5.91 Å². The molecule has 27 heavy (non-hydrogen) atoms. The van der Waals surface area contributed by atoms with Crippen LogP contribution in [0.25, 0.3) is 6.08 Å². The van der Waals surface area contributed by atoms with Gasteiger partial charge in [-0.15, -0.1) is 0 Å². The van der Waals surface area contributed by atoms with Gasteiger partial charge in [0.05, 0.1) is 11.4 Å². The van der Waals surface area contributed by atoms with E-state index in [2.05, 4.69) is 5.32 Å². The standard InChI is InChI=1S/C20H21FN2O3S/c1-15(14-16-6-2-3-7-19(16)21)20(24)22-17-8-10-18(11-9-17)23-12-4-5-13-27(23,25)26/h2-3,6-11,14H,4-5,12-13H2,1H3,(H,22,24)/b15-14+. The first-order valence-electron chi connectivity index (χ1n) is 8.71. The summed E-state index contributed by atoms with van der Waals surface area (Å²) in [5.74, 6) is -0.584. The van der Waals surface area contributed by atoms with Crippen LogP contribution < -0.4 is 9.62 Å². The number of sulfonamides is 1. The Balaban J connectivity index is 1.71. The number of nitrogens with one attached hydrogen (secondary N) is 1. The molecule has 1 aliphatic rings. The Morgan fingerprint density at radius 1 is 1.11 bits per heavy atom. The van der Waals surface area contributed by atoms with Crippen LogP contribution in [0.15, 0.2) is 54.1 Å². The van der Waals surface area contributed by atoms with Gasteiger partial charge in [0.2, 0.25) is 10.0 Å². The van der Waals surface area contributed by atoms with Crippen LogP contribution in [-0.2, 0) is 14.8 Å². The molecule has 0 unspecified atom stereocenters. The summed E-state index contributed by atoms with van der Waals surface area (Å²) in [6, 6.07) is 12.9. The lowest BCUT2D eigenvalue weighted by molar-refractivity contribution is -0.112. The first-order valence-corrected chi connectivity index (χ1v) is 10.3. The predicted molar refractivity (Wildman–Crippen MR) is 105 cm³/mol. The lowest BCUT2D eigenvalue weighted by Crippen LogP contribution is -2.37. The third kappa shape index (κ3) is 4.54. The number of carbonyl (C=O) groups is 1. The van der Waals surface area contributed by atoms with Gasteiger partial charge >= 0.3 is 0 Å². The molecule has 142 valence electrons. The van der Waals surface area contributed by atoms with Crippen molar-refractivity contribution in [1.29, 1.82) is 0 Å². The molecule has 0 atom stereocenters. The van der Waals surface area contributed by atoms with Crippen LogP contribution in [0.3, 0.4) is 0 Å². The maximum atomic E-state index is 13.7. The van der Waals surface area contributed by atoms with Crippen LogP contribution in [0.5, 0.6) is 0 Å². The highest BCUT2D eigenvalue weighted by molar-refractivity contribution is 7.92. The maximum Gasteiger partial charge on any atom is 0.251 e. The van der Waals surface area contributed by atoms with Gasteiger partial charge in [0, 0.05) is 23.4 Å². The average molecular weight is 388 g/mol. The third-order valence-corrected chi connectivity index (χ3v) is 6.27. The van der Waals surface area contributed by atoms with E-state index >= 15 is 0 Å². The minimum Gasteiger partial charge on any atom is -0.322 e. The van der Waals surface area contributed by atoms with E-state index in [0.717, 1.165) is 6.42 Å². The number of hydrogen-bond donors (Lipinski definition) is 1. The highest BCUT2D eigenvalue weighted by atomic mass is 32.2. The Morgan fingerprint density at radius 2 is 1.81 bits per heavy atom. The molecule has 7 heteroatoms. The molecule has 0 spiro atoms. The Kier molecular flexibility index (Phi) is 5.60. The number of hydrogen-bond acceptors (Lipinski definition) is 3. The first-order chi connectivity index (χ1) is 12.9. The summed E-state index contributed by atoms with van der Waals surface area (Å²) in [6.45, 7) is 2.08. The highest BCUT2D eigenvalue weighted by Gasteiger charge is 2.25. The summed E-state index contributed by atoms with van der Waals surface area (Å²) in [6.07, 6.45) is 3.00. The van der Waals surface area contributed by atoms with Crippen LogP contribution in [0.4, 0.5) is 15.8 Å². The zero-order valence-electron chi connectivity index (χ0n) is 15.0. The molecule has 3 rings (SSSR count). The van der Waals surface area contributed by atoms with Gasteiger partial charge in [-0.1, -0.05) is 18.2 Å². The second-order valence-corrected chi connectivity index (χ2v) is 8.46. The van der Waals surface area contributed by atoms with E-state index in [-0.39, 0.29) is 11.7 Å². The van der Waals surface area contributed by atoms with Crippen molar-refractivity contribution in [1.82, 2.24) is 0 Å². The fraction of sp³-hybridized carbons (Fsp3) is 0.250. The first kappa shape index (κ1) is 19.1. The number of anilines is 2. The highest BCUT2D eigenvalue weighted by Crippen LogP contribution is 2.25. The molecule has 1 N–H and O–H groups in total. The van der Waals surface area contributed by atoms with Crippen molar-refractivity contribution in [3.05, 3.63) is 65.5 Å². The SMILES string of the molecule is C/C(=C\c1ccccc1F)C(=O)Nc1ccc(N2CCCCS2(=O)=O)cc1. The predicted octanol–water partition coefficient (Wildman–Crippen LogP) is 3.80. The second-order valence-electron chi connectivity index (χ2n) is 6.45. The van der Waals surface area contributed by atoms with Crippen molar-refractivity contribution >= 4 is 33.4 Å². The third-order valence-electron chi connectivity index (χ3n) is 4.40. The van der Waals surface area contributed by atoms with Crippen molar-refractivity contribution in [2.45, 2.75) is 19.8 Å². The normalized spacial score (nSPS) is 16.8. The summed E-state index contributed by atoms with van der Waals surface area (Å²) in [5, 5.41) is 2.73. The van der Waals surface area contributed by atoms with Crippen LogP contribution in [-0.4, -0.2) is 26.6 Å². The van der Waals surface area contributed by atoms with Gasteiger partial charge in [-0.3, -0.25) is 9.10 Å². The molecule has 0 bridgehead atoms. The minimum atomic E-state index is -3.26. The van der Waals surface area contributed by atoms with Gasteiger partial charge in [-0.25, -0.2) is 12.8 Å². The molecule has 1 aliphatic heterocycles. The summed E-state index contributed by atoms with van der Waals surface area (Å²) in [5.41, 5.74) is 1.84. The zero-order valence-corrected chi connectivity index (χ0v) is 15.8. The van der Waals surface area contributed by atoms with Crippen molar-refractivity contribution in [3.8, 4) is 0 Å². The summed E-state index contributed by atoms with van der Waals surface area (Å²) < 4.78 is 39.4. The molecule has 1 saturated heterocycles. The smallest absolute Gasteiger partial charge is 0.251 e. The summed E-state index contributed by atoms with van der Waals surface area (Å²) in [4.78, 5) is 12.3. The van der Waals surface area contributed by atoms with Crippen molar-refractivity contribution < 1.29 is 17.6 Å². The summed E-state index contributed by atoms with van der Waals surface area (Å²) >= 11 is 0. The van der Waals surface area contributed by atoms with E-state index < -0.39 is 15.8 Å². The van der Waals surface area contributed by atoms with E-state index in [9.17, 15) is 17.6 Å². The average Bonchev–Trinajstić information content (AvgIpc) is 2.64. The van der Waals surface area contributed by atoms with Gasteiger partial charge in [0.1, 0.15) is 5.82 Å². The van der Waals surface area contributed by atoms with Crippen molar-refractivity contribution in [2.75, 3.05) is 21.9 Å². The molecule has 2 aromatic rings. The van der Waals surface area contributed by atoms with E-state index in [1.807, 2.05) is 0 Å². The number of rotatable bonds is 4. The molecule has 0 aliphatic carbocycles. The Morgan fingerprint density at radius 3 is 2.48 bits per heavy atom. The Hall–Kier alpha value is -2.67. The molecule has 5 nitrogen and oxygen atoms in total. The van der Waals surface area contributed by atoms with Gasteiger partial charge < -0.3 is 5.32 Å². The quantitative estimate of drug-likeness (QED) is 0.810. The minimum absolute atomic E-state index is 0.158. The maximum absolute atomic E-state index is 13.7. The molecular weight excluding hydrogens is 367 g/mol. The van der Waals surface area contributed by atoms with Gasteiger partial charge in [-0.2, -0.15) is 0 Å². The molecule has 1 amide bonds. The Labute approximate surface area is 158 Å². The zero-order chi connectivity index (χ0) is 19.4. The van der Waals surface area contributed by atoms with Crippen LogP contribution >= 0.6 is 0 Å². The lowest BCUT2D eigenvalue weighted by atomic mass is 10.1. The largest absolute Gasteiger partial charge is 0.322 e. The van der Waals surface area contributed by atoms with Gasteiger partial charge in [-0.05, 0) is 56.2 Å². The lowest BCUT2D eigenvalue weighted by Gasteiger charge is -2.28. The molecule has 0 radical (unpaired) electrons. The van der Waals surface area contributed by atoms with Crippen molar-refractivity contribution in [3.63, 3.8) is 0 Å². The molecule has 2 aromatic carbocycles. The Bertz CT molecular complexity index is 969. The number of amides is 1. The van der Waals surface area contributed by atoms with Gasteiger partial charge in [0.15, 0.2) is 0 Å². The number of benzene rings is 2. The second kappa shape index (κ2) is 7.92. The number of halogens is 1. The number of carbonyl (C=O) groups excluding carboxylic acids is 1. The van der Waals surface area contributed by atoms with Crippen LogP contribution in [0, 0.1) is 5.82 Å². The van der Waals surface area contributed by atoms with E-state index in [4.69, 9.17) is 0 Å². The van der Waals surface area contributed by atoms with Crippen LogP contribution in [0.1, 0.15) is 25.3 Å². The summed E-state index contributed by atoms with van der Waals surface area (Å²) in [7, 11) is -3.26. The fourth-order valence-corrected chi connectivity index (χ4v) is 4.55. The molecule has 1 heterocycles. The molecular formula is C20H21FN2O3S. The topological polar surface area (TPSA) is 66.5 Å². The van der Waals surface area contributed by atoms with E-state index in [1.54, 1.807) is 49.4 Å². The van der Waals surface area contributed by atoms with Crippen molar-refractivity contribution in [2.24, 2.45) is 0 Å². The fourth-order valence-electron chi connectivity index (χ4n) is 2.91. The molecule has 0 aromatic heterocycles. The van der Waals surface area contributed by atoms with E-state index in [0.29, 0.717) is 35.5 Å².